The molecule has 1 N–H and O–H groups in total. The van der Waals surface area contributed by atoms with Crippen LogP contribution in [0.15, 0.2) is 54.6 Å². The first-order valence-corrected chi connectivity index (χ1v) is 6.79. The molecule has 0 fully saturated rings. The molecule has 19 heavy (non-hydrogen) atoms. The fraction of sp³-hybridized carbons (Fsp3) is 0.294. The molecule has 0 aliphatic carbocycles. The van der Waals surface area contributed by atoms with Gasteiger partial charge in [0.05, 0.1) is 6.04 Å². The Labute approximate surface area is 116 Å². The van der Waals surface area contributed by atoms with Crippen molar-refractivity contribution in [1.82, 2.24) is 0 Å². The lowest BCUT2D eigenvalue weighted by Crippen LogP contribution is -2.11. The van der Waals surface area contributed by atoms with E-state index in [2.05, 4.69) is 85.8 Å². The zero-order valence-corrected chi connectivity index (χ0v) is 11.9. The zero-order valence-electron chi connectivity index (χ0n) is 11.9. The molecular weight excluding hydrogens is 232 g/mol. The van der Waals surface area contributed by atoms with Gasteiger partial charge in [-0.15, -0.1) is 0 Å². The van der Waals surface area contributed by atoms with Crippen molar-refractivity contribution in [3.63, 3.8) is 0 Å². The summed E-state index contributed by atoms with van der Waals surface area (Å²) >= 11 is 0. The van der Waals surface area contributed by atoms with E-state index >= 15 is 0 Å². The van der Waals surface area contributed by atoms with Crippen molar-refractivity contribution in [1.29, 1.82) is 0 Å². The van der Waals surface area contributed by atoms with Crippen LogP contribution in [0.5, 0.6) is 0 Å². The molecule has 2 aromatic carbocycles. The molecule has 0 radical (unpaired) electrons. The Balaban J connectivity index is 2.17. The van der Waals surface area contributed by atoms with Gasteiger partial charge in [0, 0.05) is 25.5 Å². The second kappa shape index (κ2) is 6.28. The highest BCUT2D eigenvalue weighted by molar-refractivity contribution is 5.58. The van der Waals surface area contributed by atoms with Crippen LogP contribution >= 0.6 is 0 Å². The van der Waals surface area contributed by atoms with Crippen molar-refractivity contribution in [3.05, 3.63) is 60.2 Å². The smallest absolute Gasteiger partial charge is 0.0511 e. The van der Waals surface area contributed by atoms with Crippen molar-refractivity contribution in [2.24, 2.45) is 0 Å². The van der Waals surface area contributed by atoms with E-state index in [1.165, 1.54) is 16.9 Å². The van der Waals surface area contributed by atoms with Gasteiger partial charge < -0.3 is 10.2 Å². The summed E-state index contributed by atoms with van der Waals surface area (Å²) in [6, 6.07) is 19.5. The lowest BCUT2D eigenvalue weighted by molar-refractivity contribution is 0.749. The van der Waals surface area contributed by atoms with Gasteiger partial charge in [-0.25, -0.2) is 0 Å². The van der Waals surface area contributed by atoms with Crippen molar-refractivity contribution in [2.75, 3.05) is 24.3 Å². The summed E-state index contributed by atoms with van der Waals surface area (Å²) in [4.78, 5) is 2.12. The van der Waals surface area contributed by atoms with Crippen LogP contribution in [0, 0.1) is 0 Å². The number of anilines is 2. The van der Waals surface area contributed by atoms with E-state index in [-0.39, 0.29) is 0 Å². The molecule has 0 aliphatic heterocycles. The summed E-state index contributed by atoms with van der Waals surface area (Å²) in [5.74, 6) is 0. The molecule has 0 amide bonds. The Hall–Kier alpha value is -1.96. The molecule has 1 unspecified atom stereocenters. The number of nitrogens with zero attached hydrogens (tertiary/aromatic N) is 1. The SMILES string of the molecule is CCC(Nc1cccc(N(C)C)c1)c1ccccc1. The predicted octanol–water partition coefficient (Wildman–Crippen LogP) is 4.32. The van der Waals surface area contributed by atoms with E-state index in [1.807, 2.05) is 0 Å². The fourth-order valence-corrected chi connectivity index (χ4v) is 2.18. The van der Waals surface area contributed by atoms with Gasteiger partial charge >= 0.3 is 0 Å². The Kier molecular flexibility index (Phi) is 4.45. The largest absolute Gasteiger partial charge is 0.378 e. The minimum atomic E-state index is 0.360. The van der Waals surface area contributed by atoms with Gasteiger partial charge in [0.2, 0.25) is 0 Å². The summed E-state index contributed by atoms with van der Waals surface area (Å²) in [5.41, 5.74) is 3.72. The van der Waals surface area contributed by atoms with Crippen LogP contribution in [-0.2, 0) is 0 Å². The Bertz CT molecular complexity index is 506. The average molecular weight is 254 g/mol. The molecule has 2 nitrogen and oxygen atoms in total. The van der Waals surface area contributed by atoms with Gasteiger partial charge in [0.25, 0.3) is 0 Å². The minimum absolute atomic E-state index is 0.360. The second-order valence-corrected chi connectivity index (χ2v) is 4.96. The maximum absolute atomic E-state index is 3.61. The van der Waals surface area contributed by atoms with E-state index in [0.717, 1.165) is 6.42 Å². The number of nitrogens with one attached hydrogen (secondary N) is 1. The molecule has 2 aromatic rings. The molecule has 0 saturated heterocycles. The highest BCUT2D eigenvalue weighted by Gasteiger charge is 2.08. The van der Waals surface area contributed by atoms with Crippen LogP contribution in [0.4, 0.5) is 11.4 Å². The Morgan fingerprint density at radius 1 is 1.00 bits per heavy atom. The molecule has 2 heteroatoms. The lowest BCUT2D eigenvalue weighted by atomic mass is 10.0. The molecule has 1 atom stereocenters. The topological polar surface area (TPSA) is 15.3 Å². The second-order valence-electron chi connectivity index (χ2n) is 4.96. The van der Waals surface area contributed by atoms with Crippen LogP contribution in [0.1, 0.15) is 24.9 Å². The molecule has 0 spiro atoms. The van der Waals surface area contributed by atoms with Crippen molar-refractivity contribution in [2.45, 2.75) is 19.4 Å². The first-order chi connectivity index (χ1) is 9.20. The zero-order chi connectivity index (χ0) is 13.7. The fourth-order valence-electron chi connectivity index (χ4n) is 2.18. The maximum atomic E-state index is 3.61. The highest BCUT2D eigenvalue weighted by atomic mass is 15.1. The summed E-state index contributed by atoms with van der Waals surface area (Å²) in [7, 11) is 4.13. The molecule has 0 heterocycles. The molecule has 0 saturated carbocycles. The van der Waals surface area contributed by atoms with Crippen molar-refractivity contribution >= 4 is 11.4 Å². The number of hydrogen-bond acceptors (Lipinski definition) is 2. The van der Waals surface area contributed by atoms with Crippen LogP contribution in [0.3, 0.4) is 0 Å². The van der Waals surface area contributed by atoms with E-state index in [0.29, 0.717) is 6.04 Å². The number of rotatable bonds is 5. The van der Waals surface area contributed by atoms with Crippen molar-refractivity contribution < 1.29 is 0 Å². The average Bonchev–Trinajstić information content (AvgIpc) is 2.46. The van der Waals surface area contributed by atoms with Gasteiger partial charge in [-0.2, -0.15) is 0 Å². The van der Waals surface area contributed by atoms with Gasteiger partial charge in [0.1, 0.15) is 0 Å². The Morgan fingerprint density at radius 3 is 2.37 bits per heavy atom. The normalized spacial score (nSPS) is 11.9. The highest BCUT2D eigenvalue weighted by Crippen LogP contribution is 2.24. The molecule has 100 valence electrons. The minimum Gasteiger partial charge on any atom is -0.378 e. The quantitative estimate of drug-likeness (QED) is 0.855. The van der Waals surface area contributed by atoms with Crippen molar-refractivity contribution in [3.8, 4) is 0 Å². The van der Waals surface area contributed by atoms with Gasteiger partial charge in [-0.05, 0) is 30.2 Å². The lowest BCUT2D eigenvalue weighted by Gasteiger charge is -2.20. The number of benzene rings is 2. The Morgan fingerprint density at radius 2 is 1.74 bits per heavy atom. The van der Waals surface area contributed by atoms with Crippen LogP contribution in [-0.4, -0.2) is 14.1 Å². The monoisotopic (exact) mass is 254 g/mol. The standard InChI is InChI=1S/C17H22N2/c1-4-17(14-9-6-5-7-10-14)18-15-11-8-12-16(13-15)19(2)3/h5-13,17-18H,4H2,1-3H3. The molecular formula is C17H22N2. The third-order valence-corrected chi connectivity index (χ3v) is 3.31. The van der Waals surface area contributed by atoms with E-state index in [4.69, 9.17) is 0 Å². The molecule has 0 bridgehead atoms. The summed E-state index contributed by atoms with van der Waals surface area (Å²) < 4.78 is 0. The third kappa shape index (κ3) is 3.50. The van der Waals surface area contributed by atoms with Crippen LogP contribution < -0.4 is 10.2 Å². The van der Waals surface area contributed by atoms with Gasteiger partial charge in [-0.1, -0.05) is 43.3 Å². The van der Waals surface area contributed by atoms with Crippen LogP contribution in [0.25, 0.3) is 0 Å². The van der Waals surface area contributed by atoms with E-state index in [9.17, 15) is 0 Å². The molecule has 0 aliphatic rings. The van der Waals surface area contributed by atoms with Crippen LogP contribution in [0.2, 0.25) is 0 Å². The first kappa shape index (κ1) is 13.5. The van der Waals surface area contributed by atoms with Gasteiger partial charge in [0.15, 0.2) is 0 Å². The third-order valence-electron chi connectivity index (χ3n) is 3.31. The summed E-state index contributed by atoms with van der Waals surface area (Å²) in [5, 5.41) is 3.61. The van der Waals surface area contributed by atoms with E-state index in [1.54, 1.807) is 0 Å². The molecule has 2 rings (SSSR count). The predicted molar refractivity (Wildman–Crippen MR) is 83.9 cm³/mol. The van der Waals surface area contributed by atoms with E-state index < -0.39 is 0 Å². The molecule has 0 aromatic heterocycles. The maximum Gasteiger partial charge on any atom is 0.0511 e. The summed E-state index contributed by atoms with van der Waals surface area (Å²) in [6.07, 6.45) is 1.07. The first-order valence-electron chi connectivity index (χ1n) is 6.79. The number of hydrogen-bond donors (Lipinski definition) is 1. The van der Waals surface area contributed by atoms with Gasteiger partial charge in [-0.3, -0.25) is 0 Å². The summed E-state index contributed by atoms with van der Waals surface area (Å²) in [6.45, 7) is 2.21.